The van der Waals surface area contributed by atoms with Crippen molar-refractivity contribution < 1.29 is 24.5 Å². The molecular weight excluding hydrogens is 743 g/mol. The van der Waals surface area contributed by atoms with Crippen molar-refractivity contribution in [3.8, 4) is 0 Å². The zero-order chi connectivity index (χ0) is 43.8. The summed E-state index contributed by atoms with van der Waals surface area (Å²) in [6.45, 7) is 6.45. The predicted octanol–water partition coefficient (Wildman–Crippen LogP) is 15.7. The predicted molar refractivity (Wildman–Crippen MR) is 259 cm³/mol. The molecule has 0 aliphatic carbocycles. The summed E-state index contributed by atoms with van der Waals surface area (Å²) in [6.07, 6.45) is 56.3. The van der Waals surface area contributed by atoms with E-state index in [1.54, 1.807) is 0 Å². The van der Waals surface area contributed by atoms with Crippen LogP contribution in [0, 0.1) is 0 Å². The average molecular weight is 844 g/mol. The molecule has 0 spiro atoms. The number of rotatable bonds is 47. The first-order valence-corrected chi connectivity index (χ1v) is 26.2. The number of aliphatic hydroxyl groups is 2. The second kappa shape index (κ2) is 48.1. The standard InChI is InChI=1S/C54H101NO5/c1-4-7-10-13-16-19-22-24-26-27-28-29-31-33-36-39-42-45-50(60-54(59)47-44-41-38-35-32-30-25-23-20-17-14-11-8-5-2)48-53(58)55-51(49-56)52(57)46-43-40-37-34-21-18-15-12-9-6-3/h16,19,24,26,30,32,50-52,56-57H,4-15,17-18,20-23,25,27-29,31,33-49H2,1-3H3,(H,55,58)/b19-16-,26-24-,32-30-. The zero-order valence-corrected chi connectivity index (χ0v) is 40.1. The summed E-state index contributed by atoms with van der Waals surface area (Å²) < 4.78 is 5.93. The van der Waals surface area contributed by atoms with Crippen LogP contribution in [0.2, 0.25) is 0 Å². The summed E-state index contributed by atoms with van der Waals surface area (Å²) in [6, 6.07) is -0.704. The summed E-state index contributed by atoms with van der Waals surface area (Å²) in [5, 5.41) is 23.7. The maximum Gasteiger partial charge on any atom is 0.306 e. The molecule has 6 nitrogen and oxygen atoms in total. The molecule has 0 aromatic rings. The van der Waals surface area contributed by atoms with E-state index in [9.17, 15) is 19.8 Å². The van der Waals surface area contributed by atoms with Crippen LogP contribution in [0.1, 0.15) is 271 Å². The third-order valence-electron chi connectivity index (χ3n) is 11.9. The van der Waals surface area contributed by atoms with Gasteiger partial charge in [-0.25, -0.2) is 0 Å². The van der Waals surface area contributed by atoms with Crippen LogP contribution in [-0.4, -0.2) is 46.9 Å². The normalized spacial score (nSPS) is 13.5. The highest BCUT2D eigenvalue weighted by Crippen LogP contribution is 2.18. The lowest BCUT2D eigenvalue weighted by molar-refractivity contribution is -0.151. The molecule has 0 aromatic heterocycles. The first kappa shape index (κ1) is 58.1. The topological polar surface area (TPSA) is 95.9 Å². The number of allylic oxidation sites excluding steroid dienone is 6. The second-order valence-electron chi connectivity index (χ2n) is 17.9. The fraction of sp³-hybridized carbons (Fsp3) is 0.852. The smallest absolute Gasteiger partial charge is 0.306 e. The van der Waals surface area contributed by atoms with Crippen molar-refractivity contribution >= 4 is 11.9 Å². The highest BCUT2D eigenvalue weighted by molar-refractivity contribution is 5.77. The van der Waals surface area contributed by atoms with Crippen molar-refractivity contribution in [3.63, 3.8) is 0 Å². The van der Waals surface area contributed by atoms with Crippen LogP contribution in [0.15, 0.2) is 36.5 Å². The van der Waals surface area contributed by atoms with Crippen molar-refractivity contribution in [1.82, 2.24) is 5.32 Å². The number of hydrogen-bond acceptors (Lipinski definition) is 5. The molecule has 1 amide bonds. The first-order valence-electron chi connectivity index (χ1n) is 26.2. The van der Waals surface area contributed by atoms with Gasteiger partial charge in [0.05, 0.1) is 25.2 Å². The van der Waals surface area contributed by atoms with Gasteiger partial charge in [-0.1, -0.05) is 211 Å². The van der Waals surface area contributed by atoms with Crippen LogP contribution in [0.3, 0.4) is 0 Å². The average Bonchev–Trinajstić information content (AvgIpc) is 3.24. The molecule has 0 radical (unpaired) electrons. The van der Waals surface area contributed by atoms with Gasteiger partial charge in [0.2, 0.25) is 5.91 Å². The highest BCUT2D eigenvalue weighted by atomic mass is 16.5. The first-order chi connectivity index (χ1) is 29.5. The van der Waals surface area contributed by atoms with Crippen LogP contribution >= 0.6 is 0 Å². The summed E-state index contributed by atoms with van der Waals surface area (Å²) in [4.78, 5) is 26.1. The quantitative estimate of drug-likeness (QED) is 0.0322. The third kappa shape index (κ3) is 42.8. The highest BCUT2D eigenvalue weighted by Gasteiger charge is 2.24. The van der Waals surface area contributed by atoms with Crippen LogP contribution < -0.4 is 5.32 Å². The molecule has 0 saturated heterocycles. The van der Waals surface area contributed by atoms with Gasteiger partial charge in [-0.15, -0.1) is 0 Å². The third-order valence-corrected chi connectivity index (χ3v) is 11.9. The summed E-state index contributed by atoms with van der Waals surface area (Å²) in [5.41, 5.74) is 0. The van der Waals surface area contributed by atoms with E-state index in [-0.39, 0.29) is 24.9 Å². The fourth-order valence-electron chi connectivity index (χ4n) is 7.93. The maximum atomic E-state index is 13.2. The van der Waals surface area contributed by atoms with E-state index < -0.39 is 18.2 Å². The Morgan fingerprint density at radius 3 is 1.32 bits per heavy atom. The van der Waals surface area contributed by atoms with E-state index in [1.165, 1.54) is 148 Å². The molecule has 3 N–H and O–H groups in total. The van der Waals surface area contributed by atoms with E-state index in [4.69, 9.17) is 4.74 Å². The molecule has 352 valence electrons. The van der Waals surface area contributed by atoms with Gasteiger partial charge in [0.1, 0.15) is 6.10 Å². The Balaban J connectivity index is 4.61. The lowest BCUT2D eigenvalue weighted by Gasteiger charge is -2.24. The Morgan fingerprint density at radius 2 is 0.850 bits per heavy atom. The van der Waals surface area contributed by atoms with Gasteiger partial charge in [-0.3, -0.25) is 9.59 Å². The molecule has 0 heterocycles. The lowest BCUT2D eigenvalue weighted by Crippen LogP contribution is -2.46. The van der Waals surface area contributed by atoms with Crippen molar-refractivity contribution in [2.75, 3.05) is 6.61 Å². The van der Waals surface area contributed by atoms with E-state index in [0.717, 1.165) is 77.0 Å². The molecule has 0 aromatic carbocycles. The van der Waals surface area contributed by atoms with Crippen molar-refractivity contribution in [2.45, 2.75) is 289 Å². The van der Waals surface area contributed by atoms with E-state index in [0.29, 0.717) is 19.3 Å². The molecule has 0 fully saturated rings. The Kier molecular flexibility index (Phi) is 46.6. The van der Waals surface area contributed by atoms with Crippen molar-refractivity contribution in [1.29, 1.82) is 0 Å². The molecule has 3 atom stereocenters. The monoisotopic (exact) mass is 844 g/mol. The number of nitrogens with one attached hydrogen (secondary N) is 1. The van der Waals surface area contributed by atoms with Gasteiger partial charge in [0.25, 0.3) is 0 Å². The van der Waals surface area contributed by atoms with Crippen LogP contribution in [-0.2, 0) is 14.3 Å². The number of amides is 1. The summed E-state index contributed by atoms with van der Waals surface area (Å²) in [5.74, 6) is -0.492. The lowest BCUT2D eigenvalue weighted by atomic mass is 10.0. The zero-order valence-electron chi connectivity index (χ0n) is 40.1. The van der Waals surface area contributed by atoms with Crippen LogP contribution in [0.5, 0.6) is 0 Å². The number of esters is 1. The van der Waals surface area contributed by atoms with Crippen molar-refractivity contribution in [3.05, 3.63) is 36.5 Å². The molecule has 3 unspecified atom stereocenters. The van der Waals surface area contributed by atoms with E-state index >= 15 is 0 Å². The minimum Gasteiger partial charge on any atom is -0.462 e. The number of ether oxygens (including phenoxy) is 1. The van der Waals surface area contributed by atoms with Gasteiger partial charge >= 0.3 is 5.97 Å². The Labute approximate surface area is 373 Å². The molecule has 0 bridgehead atoms. The molecular formula is C54H101NO5. The molecule has 0 aliphatic heterocycles. The van der Waals surface area contributed by atoms with E-state index in [2.05, 4.69) is 62.5 Å². The Morgan fingerprint density at radius 1 is 0.483 bits per heavy atom. The summed E-state index contributed by atoms with van der Waals surface area (Å²) in [7, 11) is 0. The Bertz CT molecular complexity index is 993. The molecule has 0 rings (SSSR count). The second-order valence-corrected chi connectivity index (χ2v) is 17.9. The van der Waals surface area contributed by atoms with Gasteiger partial charge in [0.15, 0.2) is 0 Å². The molecule has 0 saturated carbocycles. The number of carbonyl (C=O) groups excluding carboxylic acids is 2. The molecule has 6 heteroatoms. The number of aliphatic hydroxyl groups excluding tert-OH is 2. The van der Waals surface area contributed by atoms with Crippen LogP contribution in [0.4, 0.5) is 0 Å². The van der Waals surface area contributed by atoms with Gasteiger partial charge in [0, 0.05) is 6.42 Å². The fourth-order valence-corrected chi connectivity index (χ4v) is 7.93. The Hall–Kier alpha value is -1.92. The maximum absolute atomic E-state index is 13.2. The van der Waals surface area contributed by atoms with Gasteiger partial charge < -0.3 is 20.3 Å². The van der Waals surface area contributed by atoms with Gasteiger partial charge in [-0.2, -0.15) is 0 Å². The number of hydrogen-bond donors (Lipinski definition) is 3. The molecule has 60 heavy (non-hydrogen) atoms. The van der Waals surface area contributed by atoms with E-state index in [1.807, 2.05) is 0 Å². The number of unbranched alkanes of at least 4 members (excludes halogenated alkanes) is 29. The molecule has 0 aliphatic rings. The van der Waals surface area contributed by atoms with Gasteiger partial charge in [-0.05, 0) is 83.5 Å². The number of carbonyl (C=O) groups is 2. The minimum absolute atomic E-state index is 0.0684. The van der Waals surface area contributed by atoms with Crippen molar-refractivity contribution in [2.24, 2.45) is 0 Å². The largest absolute Gasteiger partial charge is 0.462 e. The van der Waals surface area contributed by atoms with Crippen LogP contribution in [0.25, 0.3) is 0 Å². The SMILES string of the molecule is CCCCC/C=C\C/C=C\CCCCCCCCCC(CC(=O)NC(CO)C(O)CCCCCCCCCCCC)OC(=O)CCCCC/C=C\CCCCCCCCC. The summed E-state index contributed by atoms with van der Waals surface area (Å²) >= 11 is 0. The minimum atomic E-state index is -0.789.